The molecule has 0 spiro atoms. The summed E-state index contributed by atoms with van der Waals surface area (Å²) >= 11 is 0. The molecule has 36 heavy (non-hydrogen) atoms. The van der Waals surface area contributed by atoms with Crippen molar-refractivity contribution in [2.24, 2.45) is 5.10 Å². The van der Waals surface area contributed by atoms with Crippen molar-refractivity contribution in [3.63, 3.8) is 0 Å². The van der Waals surface area contributed by atoms with Gasteiger partial charge in [-0.25, -0.2) is 4.98 Å². The Morgan fingerprint density at radius 1 is 1.08 bits per heavy atom. The van der Waals surface area contributed by atoms with Crippen molar-refractivity contribution in [2.75, 3.05) is 6.61 Å². The summed E-state index contributed by atoms with van der Waals surface area (Å²) in [6.45, 7) is 10.0. The second kappa shape index (κ2) is 10.6. The highest BCUT2D eigenvalue weighted by molar-refractivity contribution is 5.86. The Hall–Kier alpha value is -4.26. The van der Waals surface area contributed by atoms with E-state index in [1.54, 1.807) is 30.3 Å². The molecule has 0 radical (unpaired) electrons. The van der Waals surface area contributed by atoms with Crippen LogP contribution in [0.2, 0.25) is 0 Å². The summed E-state index contributed by atoms with van der Waals surface area (Å²) in [7, 11) is 0. The first-order chi connectivity index (χ1) is 17.3. The molecule has 0 bridgehead atoms. The molecule has 0 amide bonds. The van der Waals surface area contributed by atoms with Crippen molar-refractivity contribution in [2.45, 2.75) is 40.5 Å². The standard InChI is InChI=1S/C29H29N3O4/c1-6-35-27-15-19(4)24(16-23(27)18(2)3)28-31-25-13-9-8-12-22(25)29(34)32(28)30-17-21-11-7-10-14-26(21)36-20(5)33/h7-18H,6H2,1-5H3. The molecule has 1 aromatic heterocycles. The van der Waals surface area contributed by atoms with E-state index >= 15 is 0 Å². The molecule has 3 aromatic carbocycles. The summed E-state index contributed by atoms with van der Waals surface area (Å²) in [5.74, 6) is 1.36. The van der Waals surface area contributed by atoms with Gasteiger partial charge in [0.1, 0.15) is 11.5 Å². The van der Waals surface area contributed by atoms with Crippen molar-refractivity contribution < 1.29 is 14.3 Å². The van der Waals surface area contributed by atoms with Crippen LogP contribution >= 0.6 is 0 Å². The summed E-state index contributed by atoms with van der Waals surface area (Å²) < 4.78 is 12.5. The molecular weight excluding hydrogens is 454 g/mol. The first-order valence-corrected chi connectivity index (χ1v) is 11.9. The van der Waals surface area contributed by atoms with E-state index in [9.17, 15) is 9.59 Å². The molecule has 4 aromatic rings. The van der Waals surface area contributed by atoms with E-state index < -0.39 is 5.97 Å². The molecule has 7 heteroatoms. The number of fused-ring (bicyclic) bond motifs is 1. The lowest BCUT2D eigenvalue weighted by Crippen LogP contribution is -2.21. The number of benzene rings is 3. The fourth-order valence-corrected chi connectivity index (χ4v) is 4.03. The van der Waals surface area contributed by atoms with Gasteiger partial charge in [0.25, 0.3) is 5.56 Å². The summed E-state index contributed by atoms with van der Waals surface area (Å²) in [4.78, 5) is 30.0. The Labute approximate surface area is 210 Å². The number of esters is 1. The lowest BCUT2D eigenvalue weighted by molar-refractivity contribution is -0.131. The lowest BCUT2D eigenvalue weighted by atomic mass is 9.96. The molecule has 0 saturated carbocycles. The zero-order valence-corrected chi connectivity index (χ0v) is 21.1. The molecule has 0 saturated heterocycles. The Kier molecular flexibility index (Phi) is 7.29. The molecule has 4 rings (SSSR count). The van der Waals surface area contributed by atoms with Gasteiger partial charge in [0.15, 0.2) is 5.82 Å². The van der Waals surface area contributed by atoms with Crippen LogP contribution in [0.5, 0.6) is 11.5 Å². The van der Waals surface area contributed by atoms with Crippen LogP contribution in [0.1, 0.15) is 50.3 Å². The quantitative estimate of drug-likeness (QED) is 0.191. The maximum atomic E-state index is 13.6. The van der Waals surface area contributed by atoms with Crippen molar-refractivity contribution in [1.82, 2.24) is 9.66 Å². The van der Waals surface area contributed by atoms with E-state index in [2.05, 4.69) is 18.9 Å². The zero-order valence-electron chi connectivity index (χ0n) is 21.1. The van der Waals surface area contributed by atoms with Gasteiger partial charge in [-0.1, -0.05) is 38.1 Å². The van der Waals surface area contributed by atoms with Crippen LogP contribution in [0.25, 0.3) is 22.3 Å². The SMILES string of the molecule is CCOc1cc(C)c(-c2nc3ccccc3c(=O)n2N=Cc2ccccc2OC(C)=O)cc1C(C)C. The third kappa shape index (κ3) is 5.05. The van der Waals surface area contributed by atoms with Crippen LogP contribution in [0.15, 0.2) is 70.6 Å². The second-order valence-corrected chi connectivity index (χ2v) is 8.74. The predicted molar refractivity (Wildman–Crippen MR) is 142 cm³/mol. The van der Waals surface area contributed by atoms with Crippen LogP contribution in [-0.2, 0) is 4.79 Å². The lowest BCUT2D eigenvalue weighted by Gasteiger charge is -2.18. The number of hydrogen-bond donors (Lipinski definition) is 0. The van der Waals surface area contributed by atoms with E-state index in [4.69, 9.17) is 14.5 Å². The topological polar surface area (TPSA) is 82.8 Å². The highest BCUT2D eigenvalue weighted by atomic mass is 16.5. The Morgan fingerprint density at radius 3 is 2.53 bits per heavy atom. The van der Waals surface area contributed by atoms with Gasteiger partial charge in [0, 0.05) is 18.1 Å². The second-order valence-electron chi connectivity index (χ2n) is 8.74. The largest absolute Gasteiger partial charge is 0.494 e. The van der Waals surface area contributed by atoms with Crippen LogP contribution in [0, 0.1) is 6.92 Å². The average Bonchev–Trinajstić information content (AvgIpc) is 2.84. The highest BCUT2D eigenvalue weighted by Gasteiger charge is 2.18. The maximum Gasteiger partial charge on any atom is 0.308 e. The van der Waals surface area contributed by atoms with Gasteiger partial charge in [-0.2, -0.15) is 9.78 Å². The Balaban J connectivity index is 1.96. The number of ether oxygens (including phenoxy) is 2. The first kappa shape index (κ1) is 24.9. The molecule has 0 unspecified atom stereocenters. The molecule has 0 aliphatic carbocycles. The summed E-state index contributed by atoms with van der Waals surface area (Å²) in [6, 6.07) is 18.2. The minimum absolute atomic E-state index is 0.200. The number of carbonyl (C=O) groups excluding carboxylic acids is 1. The summed E-state index contributed by atoms with van der Waals surface area (Å²) in [6.07, 6.45) is 1.51. The number of aromatic nitrogens is 2. The number of hydrogen-bond acceptors (Lipinski definition) is 6. The molecule has 0 atom stereocenters. The minimum atomic E-state index is -0.438. The molecule has 1 heterocycles. The maximum absolute atomic E-state index is 13.6. The highest BCUT2D eigenvalue weighted by Crippen LogP contribution is 2.34. The van der Waals surface area contributed by atoms with Crippen LogP contribution in [-0.4, -0.2) is 28.5 Å². The van der Waals surface area contributed by atoms with Crippen LogP contribution in [0.3, 0.4) is 0 Å². The van der Waals surface area contributed by atoms with Gasteiger partial charge < -0.3 is 9.47 Å². The van der Waals surface area contributed by atoms with Crippen LogP contribution in [0.4, 0.5) is 0 Å². The van der Waals surface area contributed by atoms with Crippen molar-refractivity contribution >= 4 is 23.1 Å². The Bertz CT molecular complexity index is 1520. The van der Waals surface area contributed by atoms with Gasteiger partial charge >= 0.3 is 5.97 Å². The van der Waals surface area contributed by atoms with E-state index in [-0.39, 0.29) is 11.5 Å². The predicted octanol–water partition coefficient (Wildman–Crippen LogP) is 5.70. The third-order valence-corrected chi connectivity index (χ3v) is 5.76. The third-order valence-electron chi connectivity index (χ3n) is 5.76. The fourth-order valence-electron chi connectivity index (χ4n) is 4.03. The average molecular weight is 484 g/mol. The summed E-state index contributed by atoms with van der Waals surface area (Å²) in [5, 5.41) is 5.00. The van der Waals surface area contributed by atoms with E-state index in [0.29, 0.717) is 34.6 Å². The van der Waals surface area contributed by atoms with Gasteiger partial charge in [-0.15, -0.1) is 0 Å². The smallest absolute Gasteiger partial charge is 0.308 e. The Morgan fingerprint density at radius 2 is 1.81 bits per heavy atom. The molecule has 0 fully saturated rings. The molecule has 0 aliphatic rings. The number of aryl methyl sites for hydroxylation is 1. The molecule has 0 N–H and O–H groups in total. The van der Waals surface area contributed by atoms with E-state index in [1.807, 2.05) is 44.2 Å². The van der Waals surface area contributed by atoms with Gasteiger partial charge in [-0.3, -0.25) is 9.59 Å². The van der Waals surface area contributed by atoms with E-state index in [1.165, 1.54) is 17.8 Å². The van der Waals surface area contributed by atoms with Gasteiger partial charge in [0.05, 0.1) is 23.7 Å². The fraction of sp³-hybridized carbons (Fsp3) is 0.241. The summed E-state index contributed by atoms with van der Waals surface area (Å²) in [5.41, 5.74) is 3.57. The van der Waals surface area contributed by atoms with Gasteiger partial charge in [-0.05, 0) is 67.3 Å². The molecule has 0 aliphatic heterocycles. The molecule has 7 nitrogen and oxygen atoms in total. The van der Waals surface area contributed by atoms with Crippen molar-refractivity contribution in [3.05, 3.63) is 87.7 Å². The molecule has 184 valence electrons. The molecular formula is C29H29N3O4. The van der Waals surface area contributed by atoms with Crippen molar-refractivity contribution in [3.8, 4) is 22.9 Å². The first-order valence-electron chi connectivity index (χ1n) is 11.9. The van der Waals surface area contributed by atoms with Gasteiger partial charge in [0.2, 0.25) is 0 Å². The number of carbonyl (C=O) groups is 1. The monoisotopic (exact) mass is 483 g/mol. The zero-order chi connectivity index (χ0) is 25.8. The van der Waals surface area contributed by atoms with Crippen molar-refractivity contribution in [1.29, 1.82) is 0 Å². The number of nitrogens with zero attached hydrogens (tertiary/aromatic N) is 3. The number of para-hydroxylation sites is 2. The normalized spacial score (nSPS) is 11.4. The number of rotatable bonds is 7. The minimum Gasteiger partial charge on any atom is -0.494 e. The van der Waals surface area contributed by atoms with E-state index in [0.717, 1.165) is 22.4 Å². The van der Waals surface area contributed by atoms with Crippen LogP contribution < -0.4 is 15.0 Å².